The van der Waals surface area contributed by atoms with Gasteiger partial charge in [0, 0.05) is 5.56 Å². The van der Waals surface area contributed by atoms with Crippen molar-refractivity contribution in [2.75, 3.05) is 0 Å². The Kier molecular flexibility index (Phi) is 5.43. The SMILES string of the molecule is CC(NC(=O)c1ccc(-c2ccccc2Cl)o1)C(=O)NCc1ccco1. The smallest absolute Gasteiger partial charge is 0.287 e. The Labute approximate surface area is 155 Å². The molecule has 6 nitrogen and oxygen atoms in total. The van der Waals surface area contributed by atoms with Crippen molar-refractivity contribution in [1.82, 2.24) is 10.6 Å². The fourth-order valence-corrected chi connectivity index (χ4v) is 2.57. The second-order valence-electron chi connectivity index (χ2n) is 5.64. The van der Waals surface area contributed by atoms with Gasteiger partial charge in [-0.2, -0.15) is 0 Å². The zero-order chi connectivity index (χ0) is 18.5. The fourth-order valence-electron chi connectivity index (χ4n) is 2.34. The summed E-state index contributed by atoms with van der Waals surface area (Å²) in [6.07, 6.45) is 1.53. The van der Waals surface area contributed by atoms with E-state index in [2.05, 4.69) is 10.6 Å². The van der Waals surface area contributed by atoms with Crippen LogP contribution in [0.5, 0.6) is 0 Å². The van der Waals surface area contributed by atoms with Crippen LogP contribution in [0.15, 0.2) is 63.6 Å². The molecule has 3 aromatic rings. The molecule has 7 heteroatoms. The summed E-state index contributed by atoms with van der Waals surface area (Å²) in [5, 5.41) is 5.81. The van der Waals surface area contributed by atoms with Gasteiger partial charge in [0.15, 0.2) is 5.76 Å². The molecule has 1 unspecified atom stereocenters. The lowest BCUT2D eigenvalue weighted by Crippen LogP contribution is -2.44. The topological polar surface area (TPSA) is 84.5 Å². The van der Waals surface area contributed by atoms with E-state index in [9.17, 15) is 9.59 Å². The quantitative estimate of drug-likeness (QED) is 0.692. The zero-order valence-electron chi connectivity index (χ0n) is 14.0. The molecule has 2 N–H and O–H groups in total. The van der Waals surface area contributed by atoms with Crippen molar-refractivity contribution < 1.29 is 18.4 Å². The molecular formula is C19H17ClN2O4. The van der Waals surface area contributed by atoms with Gasteiger partial charge in [-0.1, -0.05) is 23.7 Å². The van der Waals surface area contributed by atoms with Gasteiger partial charge in [0.1, 0.15) is 17.6 Å². The lowest BCUT2D eigenvalue weighted by Gasteiger charge is -2.12. The molecule has 2 amide bonds. The summed E-state index contributed by atoms with van der Waals surface area (Å²) in [6.45, 7) is 1.84. The third-order valence-electron chi connectivity index (χ3n) is 3.73. The minimum atomic E-state index is -0.730. The molecule has 0 aliphatic rings. The Morgan fingerprint density at radius 3 is 2.65 bits per heavy atom. The maximum Gasteiger partial charge on any atom is 0.287 e. The van der Waals surface area contributed by atoms with Crippen LogP contribution in [0.25, 0.3) is 11.3 Å². The van der Waals surface area contributed by atoms with Crippen molar-refractivity contribution in [3.8, 4) is 11.3 Å². The van der Waals surface area contributed by atoms with Gasteiger partial charge in [0.25, 0.3) is 5.91 Å². The Balaban J connectivity index is 1.59. The maximum atomic E-state index is 12.3. The molecule has 0 saturated heterocycles. The summed E-state index contributed by atoms with van der Waals surface area (Å²) in [5.74, 6) is 0.408. The Morgan fingerprint density at radius 2 is 1.92 bits per heavy atom. The number of hydrogen-bond donors (Lipinski definition) is 2. The molecule has 2 heterocycles. The maximum absolute atomic E-state index is 12.3. The molecule has 134 valence electrons. The van der Waals surface area contributed by atoms with E-state index in [1.54, 1.807) is 43.3 Å². The van der Waals surface area contributed by atoms with E-state index in [4.69, 9.17) is 20.4 Å². The van der Waals surface area contributed by atoms with Crippen LogP contribution in [-0.2, 0) is 11.3 Å². The summed E-state index contributed by atoms with van der Waals surface area (Å²) in [4.78, 5) is 24.3. The summed E-state index contributed by atoms with van der Waals surface area (Å²) >= 11 is 6.13. The average molecular weight is 373 g/mol. The molecule has 0 spiro atoms. The Bertz CT molecular complexity index is 902. The van der Waals surface area contributed by atoms with Crippen LogP contribution in [0.3, 0.4) is 0 Å². The number of carbonyl (C=O) groups is 2. The van der Waals surface area contributed by atoms with E-state index >= 15 is 0 Å². The molecule has 0 fully saturated rings. The van der Waals surface area contributed by atoms with Gasteiger partial charge in [-0.3, -0.25) is 9.59 Å². The number of benzene rings is 1. The van der Waals surface area contributed by atoms with Gasteiger partial charge in [0.2, 0.25) is 5.91 Å². The van der Waals surface area contributed by atoms with Crippen molar-refractivity contribution in [2.24, 2.45) is 0 Å². The zero-order valence-corrected chi connectivity index (χ0v) is 14.7. The van der Waals surface area contributed by atoms with Gasteiger partial charge >= 0.3 is 0 Å². The van der Waals surface area contributed by atoms with Crippen molar-refractivity contribution in [3.63, 3.8) is 0 Å². The van der Waals surface area contributed by atoms with E-state index < -0.39 is 11.9 Å². The molecule has 0 aliphatic heterocycles. The first-order valence-electron chi connectivity index (χ1n) is 8.00. The average Bonchev–Trinajstić information content (AvgIpc) is 3.31. The predicted molar refractivity (Wildman–Crippen MR) is 96.6 cm³/mol. The molecular weight excluding hydrogens is 356 g/mol. The van der Waals surface area contributed by atoms with E-state index in [-0.39, 0.29) is 18.2 Å². The molecule has 2 aromatic heterocycles. The highest BCUT2D eigenvalue weighted by molar-refractivity contribution is 6.33. The normalized spacial score (nSPS) is 11.8. The predicted octanol–water partition coefficient (Wildman–Crippen LogP) is 3.63. The highest BCUT2D eigenvalue weighted by Crippen LogP contribution is 2.28. The van der Waals surface area contributed by atoms with Gasteiger partial charge in [0.05, 0.1) is 17.8 Å². The van der Waals surface area contributed by atoms with Gasteiger partial charge < -0.3 is 19.5 Å². The minimum Gasteiger partial charge on any atom is -0.467 e. The van der Waals surface area contributed by atoms with Crippen molar-refractivity contribution in [1.29, 1.82) is 0 Å². The lowest BCUT2D eigenvalue weighted by atomic mass is 10.2. The lowest BCUT2D eigenvalue weighted by molar-refractivity contribution is -0.122. The first-order chi connectivity index (χ1) is 12.5. The molecule has 0 aliphatic carbocycles. The molecule has 1 atom stereocenters. The number of rotatable bonds is 6. The summed E-state index contributed by atoms with van der Waals surface area (Å²) in [6, 6.07) is 13.1. The van der Waals surface area contributed by atoms with Crippen LogP contribution in [0.1, 0.15) is 23.2 Å². The van der Waals surface area contributed by atoms with Gasteiger partial charge in [-0.15, -0.1) is 0 Å². The van der Waals surface area contributed by atoms with E-state index in [0.717, 1.165) is 0 Å². The first-order valence-corrected chi connectivity index (χ1v) is 8.38. The van der Waals surface area contributed by atoms with Crippen molar-refractivity contribution in [3.05, 3.63) is 71.3 Å². The second kappa shape index (κ2) is 7.93. The van der Waals surface area contributed by atoms with Gasteiger partial charge in [-0.05, 0) is 43.3 Å². The Morgan fingerprint density at radius 1 is 1.12 bits per heavy atom. The highest BCUT2D eigenvalue weighted by Gasteiger charge is 2.19. The van der Waals surface area contributed by atoms with E-state index in [1.807, 2.05) is 12.1 Å². The second-order valence-corrected chi connectivity index (χ2v) is 6.04. The summed E-state index contributed by atoms with van der Waals surface area (Å²) in [7, 11) is 0. The fraction of sp³-hybridized carbons (Fsp3) is 0.158. The first kappa shape index (κ1) is 17.8. The number of furan rings is 2. The number of nitrogens with one attached hydrogen (secondary N) is 2. The van der Waals surface area contributed by atoms with Crippen molar-refractivity contribution in [2.45, 2.75) is 19.5 Å². The Hall–Kier alpha value is -2.99. The van der Waals surface area contributed by atoms with Crippen LogP contribution < -0.4 is 10.6 Å². The molecule has 3 rings (SSSR count). The largest absolute Gasteiger partial charge is 0.467 e. The van der Waals surface area contributed by atoms with Gasteiger partial charge in [-0.25, -0.2) is 0 Å². The van der Waals surface area contributed by atoms with Crippen LogP contribution in [-0.4, -0.2) is 17.9 Å². The van der Waals surface area contributed by atoms with Crippen molar-refractivity contribution >= 4 is 23.4 Å². The minimum absolute atomic E-state index is 0.102. The molecule has 0 radical (unpaired) electrons. The van der Waals surface area contributed by atoms with E-state index in [1.165, 1.54) is 6.26 Å². The summed E-state index contributed by atoms with van der Waals surface area (Å²) in [5.41, 5.74) is 0.692. The van der Waals surface area contributed by atoms with Crippen LogP contribution in [0.2, 0.25) is 5.02 Å². The third-order valence-corrected chi connectivity index (χ3v) is 4.06. The van der Waals surface area contributed by atoms with E-state index in [0.29, 0.717) is 22.1 Å². The molecule has 26 heavy (non-hydrogen) atoms. The molecule has 1 aromatic carbocycles. The van der Waals surface area contributed by atoms with Crippen LogP contribution in [0, 0.1) is 0 Å². The monoisotopic (exact) mass is 372 g/mol. The molecule has 0 saturated carbocycles. The third kappa shape index (κ3) is 4.15. The number of carbonyl (C=O) groups excluding carboxylic acids is 2. The van der Waals surface area contributed by atoms with Crippen LogP contribution >= 0.6 is 11.6 Å². The number of halogens is 1. The molecule has 0 bridgehead atoms. The highest BCUT2D eigenvalue weighted by atomic mass is 35.5. The standard InChI is InChI=1S/C19H17ClN2O4/c1-12(18(23)21-11-13-5-4-10-25-13)22-19(24)17-9-8-16(26-17)14-6-2-3-7-15(14)20/h2-10,12H,11H2,1H3,(H,21,23)(H,22,24). The summed E-state index contributed by atoms with van der Waals surface area (Å²) < 4.78 is 10.7. The number of hydrogen-bond acceptors (Lipinski definition) is 4. The number of amides is 2. The van der Waals surface area contributed by atoms with Crippen LogP contribution in [0.4, 0.5) is 0 Å².